The van der Waals surface area contributed by atoms with Crippen molar-refractivity contribution >= 4 is 34.7 Å². The lowest BCUT2D eigenvalue weighted by Gasteiger charge is -2.16. The second kappa shape index (κ2) is 9.13. The molecule has 0 amide bonds. The first-order valence-electron chi connectivity index (χ1n) is 9.80. The Morgan fingerprint density at radius 1 is 0.567 bits per heavy atom. The van der Waals surface area contributed by atoms with Crippen LogP contribution in [0.25, 0.3) is 0 Å². The minimum Gasteiger partial charge on any atom is -0.290 e. The van der Waals surface area contributed by atoms with Gasteiger partial charge in [0.2, 0.25) is 0 Å². The fourth-order valence-corrected chi connectivity index (χ4v) is 3.18. The van der Waals surface area contributed by atoms with Gasteiger partial charge in [-0.05, 0) is 48.5 Å². The molecule has 0 atom stereocenters. The van der Waals surface area contributed by atoms with Crippen molar-refractivity contribution in [2.75, 3.05) is 38.0 Å². The summed E-state index contributed by atoms with van der Waals surface area (Å²) in [6.45, 7) is 0. The number of hydrogen-bond donors (Lipinski definition) is 2. The Morgan fingerprint density at radius 2 is 0.867 bits per heavy atom. The van der Waals surface area contributed by atoms with Crippen LogP contribution in [-0.4, -0.2) is 49.3 Å². The first-order valence-corrected chi connectivity index (χ1v) is 9.80. The second-order valence-electron chi connectivity index (χ2n) is 7.14. The summed E-state index contributed by atoms with van der Waals surface area (Å²) in [5, 5.41) is 0. The molecule has 0 bridgehead atoms. The van der Waals surface area contributed by atoms with Gasteiger partial charge in [0.05, 0.1) is 28.2 Å². The minimum atomic E-state index is 0.636. The molecule has 3 aromatic carbocycles. The number of benzene rings is 3. The normalized spacial score (nSPS) is 12.7. The van der Waals surface area contributed by atoms with E-state index in [1.54, 1.807) is 0 Å². The molecule has 6 nitrogen and oxygen atoms in total. The molecule has 0 radical (unpaired) electrons. The monoisotopic (exact) mass is 402 g/mol. The highest BCUT2D eigenvalue weighted by Gasteiger charge is 2.17. The van der Waals surface area contributed by atoms with Crippen molar-refractivity contribution in [3.8, 4) is 0 Å². The largest absolute Gasteiger partial charge is 0.355 e. The topological polar surface area (TPSA) is 64.5 Å². The molecule has 3 rings (SSSR count). The summed E-state index contributed by atoms with van der Waals surface area (Å²) in [4.78, 5) is 3.92. The van der Waals surface area contributed by atoms with Crippen LogP contribution in [0.1, 0.15) is 0 Å². The average Bonchev–Trinajstić information content (AvgIpc) is 2.82. The molecular formula is C24H30N6+2. The third-order valence-corrected chi connectivity index (χ3v) is 5.29. The first kappa shape index (κ1) is 20.9. The van der Waals surface area contributed by atoms with Gasteiger partial charge in [0.1, 0.15) is 22.7 Å². The van der Waals surface area contributed by atoms with Crippen molar-refractivity contribution in [2.45, 2.75) is 0 Å². The summed E-state index contributed by atoms with van der Waals surface area (Å²) >= 11 is 0. The SMILES string of the molecule is CN(C(N)=[N+](C)c1ccc([N+](C)=C(N)N(C)c2ccccc2)cc1)c1ccccc1. The Bertz CT molecular complexity index is 954. The number of nitrogens with two attached hydrogens (primary N) is 2. The van der Waals surface area contributed by atoms with E-state index in [0.29, 0.717) is 11.9 Å². The third-order valence-electron chi connectivity index (χ3n) is 5.29. The Hall–Kier alpha value is -3.80. The van der Waals surface area contributed by atoms with Crippen molar-refractivity contribution in [2.24, 2.45) is 11.5 Å². The van der Waals surface area contributed by atoms with Gasteiger partial charge >= 0.3 is 11.9 Å². The number of guanidine groups is 2. The van der Waals surface area contributed by atoms with Crippen LogP contribution in [0.2, 0.25) is 0 Å². The van der Waals surface area contributed by atoms with Gasteiger partial charge in [0.25, 0.3) is 0 Å². The van der Waals surface area contributed by atoms with Gasteiger partial charge in [0, 0.05) is 0 Å². The van der Waals surface area contributed by atoms with E-state index in [0.717, 1.165) is 22.7 Å². The predicted octanol–water partition coefficient (Wildman–Crippen LogP) is 3.14. The summed E-state index contributed by atoms with van der Waals surface area (Å²) in [5.74, 6) is 1.27. The molecule has 30 heavy (non-hydrogen) atoms. The molecule has 0 aromatic heterocycles. The van der Waals surface area contributed by atoms with E-state index < -0.39 is 0 Å². The number of rotatable bonds is 4. The van der Waals surface area contributed by atoms with Crippen LogP contribution in [0.3, 0.4) is 0 Å². The van der Waals surface area contributed by atoms with Crippen LogP contribution in [0.4, 0.5) is 22.7 Å². The van der Waals surface area contributed by atoms with E-state index >= 15 is 0 Å². The lowest BCUT2D eigenvalue weighted by Crippen LogP contribution is -2.40. The summed E-state index contributed by atoms with van der Waals surface area (Å²) < 4.78 is 3.92. The highest BCUT2D eigenvalue weighted by atomic mass is 15.3. The summed E-state index contributed by atoms with van der Waals surface area (Å²) in [5.41, 5.74) is 16.8. The zero-order valence-corrected chi connectivity index (χ0v) is 18.0. The summed E-state index contributed by atoms with van der Waals surface area (Å²) in [6, 6.07) is 28.2. The molecule has 0 fully saturated rings. The number of para-hydroxylation sites is 2. The zero-order valence-electron chi connectivity index (χ0n) is 18.0. The van der Waals surface area contributed by atoms with Crippen molar-refractivity contribution < 1.29 is 9.15 Å². The Labute approximate surface area is 178 Å². The van der Waals surface area contributed by atoms with Crippen LogP contribution in [0.15, 0.2) is 84.9 Å². The van der Waals surface area contributed by atoms with Gasteiger partial charge in [-0.15, -0.1) is 0 Å². The molecule has 0 unspecified atom stereocenters. The number of hydrogen-bond acceptors (Lipinski definition) is 0. The maximum Gasteiger partial charge on any atom is 0.355 e. The van der Waals surface area contributed by atoms with Gasteiger partial charge in [-0.3, -0.25) is 11.5 Å². The van der Waals surface area contributed by atoms with Crippen molar-refractivity contribution in [1.82, 2.24) is 0 Å². The second-order valence-corrected chi connectivity index (χ2v) is 7.14. The molecule has 0 heterocycles. The summed E-state index contributed by atoms with van der Waals surface area (Å²) in [6.07, 6.45) is 0. The lowest BCUT2D eigenvalue weighted by molar-refractivity contribution is -0.411. The van der Waals surface area contributed by atoms with Gasteiger partial charge in [-0.1, -0.05) is 36.4 Å². The molecule has 154 valence electrons. The van der Waals surface area contributed by atoms with Crippen LogP contribution in [0.5, 0.6) is 0 Å². The molecule has 4 N–H and O–H groups in total. The van der Waals surface area contributed by atoms with E-state index in [-0.39, 0.29) is 0 Å². The van der Waals surface area contributed by atoms with Crippen LogP contribution in [-0.2, 0) is 0 Å². The molecule has 0 spiro atoms. The van der Waals surface area contributed by atoms with E-state index in [4.69, 9.17) is 11.5 Å². The average molecular weight is 403 g/mol. The number of nitrogens with zero attached hydrogens (tertiary/aromatic N) is 4. The smallest absolute Gasteiger partial charge is 0.290 e. The summed E-state index contributed by atoms with van der Waals surface area (Å²) in [7, 11) is 7.82. The van der Waals surface area contributed by atoms with Crippen LogP contribution >= 0.6 is 0 Å². The number of anilines is 2. The Morgan fingerprint density at radius 3 is 1.17 bits per heavy atom. The van der Waals surface area contributed by atoms with E-state index in [1.807, 2.05) is 132 Å². The fraction of sp³-hybridized carbons (Fsp3) is 0.167. The maximum absolute atomic E-state index is 6.40. The van der Waals surface area contributed by atoms with Crippen LogP contribution in [0, 0.1) is 0 Å². The molecule has 0 aliphatic heterocycles. The molecule has 6 heteroatoms. The molecule has 3 aromatic rings. The van der Waals surface area contributed by atoms with E-state index in [1.165, 1.54) is 0 Å². The Balaban J connectivity index is 1.85. The zero-order chi connectivity index (χ0) is 21.7. The highest BCUT2D eigenvalue weighted by molar-refractivity contribution is 5.92. The molecule has 0 aliphatic carbocycles. The fourth-order valence-electron chi connectivity index (χ4n) is 3.18. The highest BCUT2D eigenvalue weighted by Crippen LogP contribution is 2.19. The molecule has 0 aliphatic rings. The molecule has 0 saturated heterocycles. The first-order chi connectivity index (χ1) is 14.4. The van der Waals surface area contributed by atoms with Gasteiger partial charge in [-0.25, -0.2) is 19.0 Å². The predicted molar refractivity (Wildman–Crippen MR) is 126 cm³/mol. The van der Waals surface area contributed by atoms with Gasteiger partial charge in [-0.2, -0.15) is 0 Å². The van der Waals surface area contributed by atoms with Crippen molar-refractivity contribution in [1.29, 1.82) is 0 Å². The van der Waals surface area contributed by atoms with Crippen molar-refractivity contribution in [3.63, 3.8) is 0 Å². The minimum absolute atomic E-state index is 0.636. The standard InChI is InChI=1S/C24H28N6/c1-27(19-11-7-5-8-12-19)23(25)29(3)21-15-17-22(18-16-21)30(4)24(26)28(2)20-13-9-6-10-14-20/h5-18,25-26H,1-4H3/p+2. The quantitative estimate of drug-likeness (QED) is 0.400. The lowest BCUT2D eigenvalue weighted by atomic mass is 10.2. The Kier molecular flexibility index (Phi) is 6.37. The van der Waals surface area contributed by atoms with Crippen LogP contribution < -0.4 is 21.3 Å². The third kappa shape index (κ3) is 4.43. The maximum atomic E-state index is 6.40. The van der Waals surface area contributed by atoms with Gasteiger partial charge < -0.3 is 0 Å². The molecule has 0 saturated carbocycles. The van der Waals surface area contributed by atoms with E-state index in [2.05, 4.69) is 0 Å². The van der Waals surface area contributed by atoms with E-state index in [9.17, 15) is 0 Å². The molecular weight excluding hydrogens is 372 g/mol. The van der Waals surface area contributed by atoms with Crippen molar-refractivity contribution in [3.05, 3.63) is 84.9 Å². The van der Waals surface area contributed by atoms with Gasteiger partial charge in [0.15, 0.2) is 0 Å².